The molecule has 0 fully saturated rings. The van der Waals surface area contributed by atoms with Crippen LogP contribution in [0.3, 0.4) is 0 Å². The van der Waals surface area contributed by atoms with E-state index in [1.807, 2.05) is 27.2 Å². The minimum atomic E-state index is -4.60. The second-order valence-corrected chi connectivity index (χ2v) is 17.4. The van der Waals surface area contributed by atoms with Gasteiger partial charge < -0.3 is 28.8 Å². The van der Waals surface area contributed by atoms with E-state index in [-0.39, 0.29) is 12.5 Å². The van der Waals surface area contributed by atoms with Gasteiger partial charge in [-0.1, -0.05) is 163 Å². The second-order valence-electron chi connectivity index (χ2n) is 16.0. The minimum Gasteiger partial charge on any atom is -0.756 e. The SMILES string of the molecule is CC/C=C\C/C=C\C/C=C\C/C=C\CCCCCCCCCCCCCCC(=O)NC(COP(=O)([O-])OCC[N+](C)(C)C)C(O)/C=C/CC/C=C/CC/C=C/CC. The molecule has 0 rings (SSSR count). The molecule has 2 N–H and O–H groups in total. The van der Waals surface area contributed by atoms with Crippen molar-refractivity contribution in [2.75, 3.05) is 40.9 Å². The van der Waals surface area contributed by atoms with E-state index in [0.717, 1.165) is 77.0 Å². The van der Waals surface area contributed by atoms with E-state index < -0.39 is 26.6 Å². The van der Waals surface area contributed by atoms with Crippen LogP contribution in [0.5, 0.6) is 0 Å². The number of phosphoric acid groups is 1. The van der Waals surface area contributed by atoms with E-state index >= 15 is 0 Å². The van der Waals surface area contributed by atoms with E-state index in [1.54, 1.807) is 6.08 Å². The molecule has 0 saturated carbocycles. The van der Waals surface area contributed by atoms with Crippen molar-refractivity contribution in [1.29, 1.82) is 0 Å². The molecule has 0 aromatic carbocycles. The summed E-state index contributed by atoms with van der Waals surface area (Å²) < 4.78 is 23.1. The Balaban J connectivity index is 4.25. The molecule has 0 aliphatic rings. The van der Waals surface area contributed by atoms with Crippen molar-refractivity contribution in [3.63, 3.8) is 0 Å². The van der Waals surface area contributed by atoms with Crippen LogP contribution in [0.1, 0.15) is 162 Å². The van der Waals surface area contributed by atoms with Crippen LogP contribution in [-0.2, 0) is 18.4 Å². The summed E-state index contributed by atoms with van der Waals surface area (Å²) >= 11 is 0. The molecule has 328 valence electrons. The number of aliphatic hydroxyl groups is 1. The Kier molecular flexibility index (Phi) is 37.6. The first-order chi connectivity index (χ1) is 27.5. The first kappa shape index (κ1) is 54.7. The van der Waals surface area contributed by atoms with Gasteiger partial charge in [0.25, 0.3) is 7.82 Å². The smallest absolute Gasteiger partial charge is 0.268 e. The van der Waals surface area contributed by atoms with Crippen molar-refractivity contribution in [3.05, 3.63) is 85.1 Å². The van der Waals surface area contributed by atoms with Gasteiger partial charge in [0.15, 0.2) is 0 Å². The number of nitrogens with zero attached hydrogens (tertiary/aromatic N) is 1. The van der Waals surface area contributed by atoms with Crippen molar-refractivity contribution in [3.8, 4) is 0 Å². The summed E-state index contributed by atoms with van der Waals surface area (Å²) in [4.78, 5) is 25.2. The van der Waals surface area contributed by atoms with E-state index in [9.17, 15) is 19.4 Å². The lowest BCUT2D eigenvalue weighted by atomic mass is 10.0. The van der Waals surface area contributed by atoms with Crippen molar-refractivity contribution >= 4 is 13.7 Å². The number of rotatable bonds is 39. The summed E-state index contributed by atoms with van der Waals surface area (Å²) in [6.07, 6.45) is 53.7. The van der Waals surface area contributed by atoms with Gasteiger partial charge >= 0.3 is 0 Å². The molecule has 3 unspecified atom stereocenters. The third-order valence-electron chi connectivity index (χ3n) is 9.33. The number of carbonyl (C=O) groups is 1. The first-order valence-electron chi connectivity index (χ1n) is 22.4. The van der Waals surface area contributed by atoms with Crippen LogP contribution in [0.2, 0.25) is 0 Å². The Morgan fingerprint density at radius 1 is 0.614 bits per heavy atom. The summed E-state index contributed by atoms with van der Waals surface area (Å²) in [6.45, 7) is 4.35. The summed E-state index contributed by atoms with van der Waals surface area (Å²) in [6, 6.07) is -0.913. The molecule has 0 aromatic heterocycles. The predicted octanol–water partition coefficient (Wildman–Crippen LogP) is 11.9. The number of hydrogen-bond donors (Lipinski definition) is 2. The van der Waals surface area contributed by atoms with Gasteiger partial charge in [-0.3, -0.25) is 9.36 Å². The zero-order chi connectivity index (χ0) is 42.1. The van der Waals surface area contributed by atoms with Crippen LogP contribution in [0.4, 0.5) is 0 Å². The molecule has 0 spiro atoms. The predicted molar refractivity (Wildman–Crippen MR) is 242 cm³/mol. The number of likely N-dealkylation sites (N-methyl/N-ethyl adjacent to an activating group) is 1. The van der Waals surface area contributed by atoms with Crippen LogP contribution in [-0.4, -0.2) is 68.5 Å². The maximum absolute atomic E-state index is 12.8. The number of allylic oxidation sites excluding steroid dienone is 13. The molecule has 57 heavy (non-hydrogen) atoms. The van der Waals surface area contributed by atoms with Crippen LogP contribution in [0, 0.1) is 0 Å². The van der Waals surface area contributed by atoms with Gasteiger partial charge in [0, 0.05) is 6.42 Å². The van der Waals surface area contributed by atoms with E-state index in [1.165, 1.54) is 64.2 Å². The standard InChI is InChI=1S/C48H85N2O6P/c1-6-8-10-12-14-16-18-19-20-21-22-23-24-25-26-27-28-29-30-31-32-34-36-38-40-42-48(52)49-46(45-56-57(53,54)55-44-43-50(3,4)5)47(51)41-39-37-35-33-17-15-13-11-9-7-2/h8-11,14,16-17,19-20,22-23,33,39,41,46-47,51H,6-7,12-13,15,18,21,24-32,34-38,40,42-45H2,1-5H3,(H-,49,52,53,54)/b10-8-,11-9+,16-14-,20-19-,23-22-,33-17+,41-39+. The molecular weight excluding hydrogens is 732 g/mol. The van der Waals surface area contributed by atoms with E-state index in [0.29, 0.717) is 17.4 Å². The number of phosphoric ester groups is 1. The summed E-state index contributed by atoms with van der Waals surface area (Å²) in [5, 5.41) is 13.7. The lowest BCUT2D eigenvalue weighted by Gasteiger charge is -2.29. The topological polar surface area (TPSA) is 108 Å². The average molecular weight is 817 g/mol. The van der Waals surface area contributed by atoms with Gasteiger partial charge in [0.1, 0.15) is 13.2 Å². The van der Waals surface area contributed by atoms with Crippen molar-refractivity contribution in [2.45, 2.75) is 174 Å². The molecule has 0 saturated heterocycles. The van der Waals surface area contributed by atoms with Gasteiger partial charge in [-0.2, -0.15) is 0 Å². The van der Waals surface area contributed by atoms with Gasteiger partial charge in [-0.05, 0) is 77.0 Å². The number of unbranched alkanes of at least 4 members (excludes halogenated alkanes) is 14. The Morgan fingerprint density at radius 3 is 1.56 bits per heavy atom. The third-order valence-corrected chi connectivity index (χ3v) is 10.3. The first-order valence-corrected chi connectivity index (χ1v) is 23.9. The van der Waals surface area contributed by atoms with Crippen LogP contribution in [0.25, 0.3) is 0 Å². The monoisotopic (exact) mass is 817 g/mol. The zero-order valence-electron chi connectivity index (χ0n) is 37.0. The Labute approximate surface area is 350 Å². The lowest BCUT2D eigenvalue weighted by molar-refractivity contribution is -0.870. The van der Waals surface area contributed by atoms with Gasteiger partial charge in [-0.15, -0.1) is 0 Å². The molecule has 0 aliphatic heterocycles. The highest BCUT2D eigenvalue weighted by atomic mass is 31.2. The fourth-order valence-electron chi connectivity index (χ4n) is 5.83. The number of aliphatic hydroxyl groups excluding tert-OH is 1. The van der Waals surface area contributed by atoms with Crippen LogP contribution < -0.4 is 10.2 Å². The molecule has 0 aliphatic carbocycles. The van der Waals surface area contributed by atoms with Crippen LogP contribution >= 0.6 is 7.82 Å². The number of hydrogen-bond acceptors (Lipinski definition) is 6. The maximum atomic E-state index is 12.8. The Bertz CT molecular complexity index is 1200. The quantitative estimate of drug-likeness (QED) is 0.0277. The average Bonchev–Trinajstić information content (AvgIpc) is 3.16. The number of quaternary nitrogens is 1. The van der Waals surface area contributed by atoms with Crippen LogP contribution in [0.15, 0.2) is 85.1 Å². The molecule has 0 bridgehead atoms. The fourth-order valence-corrected chi connectivity index (χ4v) is 6.55. The molecule has 0 aromatic rings. The molecular formula is C48H85N2O6P. The fraction of sp³-hybridized carbons (Fsp3) is 0.688. The largest absolute Gasteiger partial charge is 0.756 e. The van der Waals surface area contributed by atoms with Crippen molar-refractivity contribution in [2.24, 2.45) is 0 Å². The van der Waals surface area contributed by atoms with Crippen molar-refractivity contribution < 1.29 is 32.9 Å². The summed E-state index contributed by atoms with van der Waals surface area (Å²) in [7, 11) is 1.22. The molecule has 0 radical (unpaired) electrons. The van der Waals surface area contributed by atoms with Gasteiger partial charge in [0.05, 0.1) is 39.9 Å². The van der Waals surface area contributed by atoms with Gasteiger partial charge in [0.2, 0.25) is 5.91 Å². The third kappa shape index (κ3) is 41.6. The summed E-state index contributed by atoms with van der Waals surface area (Å²) in [5.74, 6) is -0.221. The molecule has 9 heteroatoms. The molecule has 0 heterocycles. The van der Waals surface area contributed by atoms with Crippen molar-refractivity contribution in [1.82, 2.24) is 5.32 Å². The Morgan fingerprint density at radius 2 is 1.04 bits per heavy atom. The van der Waals surface area contributed by atoms with E-state index in [4.69, 9.17) is 9.05 Å². The number of carbonyl (C=O) groups excluding carboxylic acids is 1. The normalized spacial score (nSPS) is 15.1. The molecule has 1 amide bonds. The minimum absolute atomic E-state index is 0.0135. The zero-order valence-corrected chi connectivity index (χ0v) is 37.9. The van der Waals surface area contributed by atoms with Gasteiger partial charge in [-0.25, -0.2) is 0 Å². The van der Waals surface area contributed by atoms with E-state index in [2.05, 4.69) is 92.1 Å². The molecule has 8 nitrogen and oxygen atoms in total. The second kappa shape index (κ2) is 39.2. The Hall–Kier alpha value is -2.32. The highest BCUT2D eigenvalue weighted by Gasteiger charge is 2.23. The number of nitrogens with one attached hydrogen (secondary N) is 1. The summed E-state index contributed by atoms with van der Waals surface area (Å²) in [5.41, 5.74) is 0. The number of amides is 1. The molecule has 3 atom stereocenters. The highest BCUT2D eigenvalue weighted by molar-refractivity contribution is 7.45. The maximum Gasteiger partial charge on any atom is 0.268 e. The lowest BCUT2D eigenvalue weighted by Crippen LogP contribution is -2.45. The highest BCUT2D eigenvalue weighted by Crippen LogP contribution is 2.38.